The molecule has 0 fully saturated rings. The Bertz CT molecular complexity index is 1280. The Hall–Kier alpha value is -0.990. The highest BCUT2D eigenvalue weighted by molar-refractivity contribution is 7.47. The second-order valence-corrected chi connectivity index (χ2v) is 26.7. The third-order valence-corrected chi connectivity index (χ3v) is 17.1. The number of rotatable bonds is 66. The van der Waals surface area contributed by atoms with Crippen LogP contribution in [0.4, 0.5) is 0 Å². The summed E-state index contributed by atoms with van der Waals surface area (Å²) in [5.41, 5.74) is 0. The molecule has 1 N–H and O–H groups in total. The lowest BCUT2D eigenvalue weighted by molar-refractivity contribution is -0.870. The van der Waals surface area contributed by atoms with E-state index < -0.39 is 26.5 Å². The quantitative estimate of drug-likeness (QED) is 0.0278. The van der Waals surface area contributed by atoms with E-state index in [4.69, 9.17) is 18.5 Å². The van der Waals surface area contributed by atoms with Gasteiger partial charge < -0.3 is 18.9 Å². The van der Waals surface area contributed by atoms with Gasteiger partial charge in [-0.2, -0.15) is 0 Å². The van der Waals surface area contributed by atoms with Crippen LogP contribution in [0.1, 0.15) is 373 Å². The molecule has 2 unspecified atom stereocenters. The molecule has 10 heteroatoms. The lowest BCUT2D eigenvalue weighted by Gasteiger charge is -2.24. The molecule has 0 amide bonds. The first-order chi connectivity index (χ1) is 38.0. The van der Waals surface area contributed by atoms with Crippen LogP contribution in [-0.2, 0) is 32.7 Å². The highest BCUT2D eigenvalue weighted by Gasteiger charge is 2.27. The van der Waals surface area contributed by atoms with Gasteiger partial charge in [0.1, 0.15) is 19.8 Å². The van der Waals surface area contributed by atoms with Gasteiger partial charge in [0.05, 0.1) is 27.7 Å². The van der Waals surface area contributed by atoms with Gasteiger partial charge >= 0.3 is 19.8 Å². The Morgan fingerprint density at radius 1 is 0.346 bits per heavy atom. The van der Waals surface area contributed by atoms with Crippen molar-refractivity contribution in [2.45, 2.75) is 380 Å². The average Bonchev–Trinajstić information content (AvgIpc) is 3.41. The maximum atomic E-state index is 12.8. The van der Waals surface area contributed by atoms with Crippen molar-refractivity contribution in [3.63, 3.8) is 0 Å². The van der Waals surface area contributed by atoms with Gasteiger partial charge in [-0.15, -0.1) is 0 Å². The molecule has 466 valence electrons. The molecule has 9 nitrogen and oxygen atoms in total. The fraction of sp³-hybridized carbons (Fsp3) is 0.971. The molecule has 78 heavy (non-hydrogen) atoms. The first kappa shape index (κ1) is 77.0. The van der Waals surface area contributed by atoms with Crippen molar-refractivity contribution in [1.82, 2.24) is 0 Å². The second kappa shape index (κ2) is 60.6. The number of quaternary nitrogens is 1. The van der Waals surface area contributed by atoms with Crippen molar-refractivity contribution in [3.05, 3.63) is 0 Å². The zero-order chi connectivity index (χ0) is 57.0. The van der Waals surface area contributed by atoms with Gasteiger partial charge in [0.15, 0.2) is 6.10 Å². The summed E-state index contributed by atoms with van der Waals surface area (Å²) in [7, 11) is 1.51. The molecule has 0 radical (unpaired) electrons. The summed E-state index contributed by atoms with van der Waals surface area (Å²) in [5, 5.41) is 0. The lowest BCUT2D eigenvalue weighted by atomic mass is 10.0. The number of esters is 2. The minimum Gasteiger partial charge on any atom is -0.462 e. The van der Waals surface area contributed by atoms with Gasteiger partial charge in [0.25, 0.3) is 0 Å². The predicted molar refractivity (Wildman–Crippen MR) is 335 cm³/mol. The molecular weight excluding hydrogens is 990 g/mol. The van der Waals surface area contributed by atoms with Crippen LogP contribution in [0.15, 0.2) is 0 Å². The fourth-order valence-electron chi connectivity index (χ4n) is 10.8. The average molecular weight is 1130 g/mol. The SMILES string of the molecule is CCCCCCCCCCCCCCCCCCCCCCCCCCCCCCCCCCCCCCCCC(=O)OC(COC(=O)CCCCCCCCCCCCCCCCCC)COP(=O)(O)OCC[N+](C)(C)C. The highest BCUT2D eigenvalue weighted by atomic mass is 31.2. The summed E-state index contributed by atoms with van der Waals surface area (Å²) >= 11 is 0. The van der Waals surface area contributed by atoms with Crippen molar-refractivity contribution in [2.75, 3.05) is 47.5 Å². The molecule has 0 saturated heterocycles. The molecule has 0 saturated carbocycles. The zero-order valence-corrected chi connectivity index (χ0v) is 54.1. The van der Waals surface area contributed by atoms with E-state index in [1.54, 1.807) is 0 Å². The molecule has 0 heterocycles. The standard InChI is InChI=1S/C68H136NO8P/c1-6-8-10-12-14-16-18-20-22-24-25-26-27-28-29-30-31-32-33-34-35-36-37-38-39-40-41-42-43-44-45-47-49-51-53-55-57-59-61-68(71)77-66(65-76-78(72,73)75-63-62-69(3,4)5)64-74-67(70)60-58-56-54-52-50-48-46-23-21-19-17-15-13-11-9-7-2/h66H,6-65H2,1-5H3/p+1. The maximum absolute atomic E-state index is 12.8. The number of nitrogens with zero attached hydrogens (tertiary/aromatic N) is 1. The van der Waals surface area contributed by atoms with Crippen LogP contribution >= 0.6 is 7.82 Å². The van der Waals surface area contributed by atoms with E-state index >= 15 is 0 Å². The maximum Gasteiger partial charge on any atom is 0.472 e. The number of phosphoric ester groups is 1. The summed E-state index contributed by atoms with van der Waals surface area (Å²) in [6.45, 7) is 4.52. The second-order valence-electron chi connectivity index (χ2n) is 25.3. The van der Waals surface area contributed by atoms with E-state index in [1.807, 2.05) is 21.1 Å². The summed E-state index contributed by atoms with van der Waals surface area (Å²) in [4.78, 5) is 35.7. The third-order valence-electron chi connectivity index (χ3n) is 16.1. The van der Waals surface area contributed by atoms with Crippen molar-refractivity contribution >= 4 is 19.8 Å². The molecular formula is C68H137NO8P+. The first-order valence-corrected chi connectivity index (χ1v) is 36.3. The van der Waals surface area contributed by atoms with Crippen LogP contribution in [0.25, 0.3) is 0 Å². The van der Waals surface area contributed by atoms with E-state index in [2.05, 4.69) is 13.8 Å². The first-order valence-electron chi connectivity index (χ1n) is 34.8. The predicted octanol–water partition coefficient (Wildman–Crippen LogP) is 22.2. The Balaban J connectivity index is 3.85. The molecule has 0 aromatic carbocycles. The highest BCUT2D eigenvalue weighted by Crippen LogP contribution is 2.43. The largest absolute Gasteiger partial charge is 0.472 e. The van der Waals surface area contributed by atoms with Crippen LogP contribution in [0, 0.1) is 0 Å². The number of carbonyl (C=O) groups is 2. The minimum absolute atomic E-state index is 0.0375. The molecule has 0 aromatic heterocycles. The molecule has 0 spiro atoms. The van der Waals surface area contributed by atoms with Crippen LogP contribution in [-0.4, -0.2) is 74.9 Å². The Morgan fingerprint density at radius 3 is 0.821 bits per heavy atom. The van der Waals surface area contributed by atoms with Crippen LogP contribution in [0.2, 0.25) is 0 Å². The Kier molecular flexibility index (Phi) is 59.8. The number of likely N-dealkylation sites (N-methyl/N-ethyl adjacent to an activating group) is 1. The van der Waals surface area contributed by atoms with Gasteiger partial charge in [0.2, 0.25) is 0 Å². The van der Waals surface area contributed by atoms with Crippen LogP contribution in [0.5, 0.6) is 0 Å². The van der Waals surface area contributed by atoms with Crippen LogP contribution in [0.3, 0.4) is 0 Å². The monoisotopic (exact) mass is 1130 g/mol. The molecule has 2 atom stereocenters. The smallest absolute Gasteiger partial charge is 0.462 e. The van der Waals surface area contributed by atoms with Crippen molar-refractivity contribution in [2.24, 2.45) is 0 Å². The van der Waals surface area contributed by atoms with Gasteiger partial charge in [0, 0.05) is 12.8 Å². The summed E-state index contributed by atoms with van der Waals surface area (Å²) in [6, 6.07) is 0. The van der Waals surface area contributed by atoms with Gasteiger partial charge in [-0.1, -0.05) is 348 Å². The minimum atomic E-state index is -4.38. The van der Waals surface area contributed by atoms with E-state index in [1.165, 1.54) is 308 Å². The zero-order valence-electron chi connectivity index (χ0n) is 53.2. The molecule has 0 bridgehead atoms. The molecule has 0 rings (SSSR count). The number of unbranched alkanes of at least 4 members (excludes halogenated alkanes) is 52. The number of hydrogen-bond acceptors (Lipinski definition) is 7. The van der Waals surface area contributed by atoms with Gasteiger partial charge in [-0.25, -0.2) is 4.57 Å². The number of ether oxygens (including phenoxy) is 2. The van der Waals surface area contributed by atoms with E-state index in [9.17, 15) is 19.0 Å². The third kappa shape index (κ3) is 64.2. The van der Waals surface area contributed by atoms with E-state index in [0.717, 1.165) is 38.5 Å². The summed E-state index contributed by atoms with van der Waals surface area (Å²) < 4.78 is 34.7. The molecule has 0 aliphatic heterocycles. The number of phosphoric acid groups is 1. The van der Waals surface area contributed by atoms with Crippen molar-refractivity contribution in [3.8, 4) is 0 Å². The topological polar surface area (TPSA) is 108 Å². The number of hydrogen-bond donors (Lipinski definition) is 1. The normalized spacial score (nSPS) is 13.1. The van der Waals surface area contributed by atoms with Gasteiger partial charge in [-0.05, 0) is 12.8 Å². The van der Waals surface area contributed by atoms with E-state index in [-0.39, 0.29) is 25.6 Å². The fourth-order valence-corrected chi connectivity index (χ4v) is 11.5. The molecule has 0 aliphatic rings. The molecule has 0 aromatic rings. The Morgan fingerprint density at radius 2 is 0.577 bits per heavy atom. The van der Waals surface area contributed by atoms with Crippen molar-refractivity contribution in [1.29, 1.82) is 0 Å². The lowest BCUT2D eigenvalue weighted by Crippen LogP contribution is -2.37. The Labute approximate surface area is 486 Å². The summed E-state index contributed by atoms with van der Waals surface area (Å²) in [6.07, 6.45) is 72.3. The van der Waals surface area contributed by atoms with Crippen molar-refractivity contribution < 1.29 is 42.1 Å². The molecule has 0 aliphatic carbocycles. The van der Waals surface area contributed by atoms with Crippen LogP contribution < -0.4 is 0 Å². The van der Waals surface area contributed by atoms with Gasteiger partial charge in [-0.3, -0.25) is 18.6 Å². The number of carbonyl (C=O) groups excluding carboxylic acids is 2. The van der Waals surface area contributed by atoms with E-state index in [0.29, 0.717) is 17.4 Å². The summed E-state index contributed by atoms with van der Waals surface area (Å²) in [5.74, 6) is -0.771.